The van der Waals surface area contributed by atoms with Crippen molar-refractivity contribution in [3.63, 3.8) is 0 Å². The minimum Gasteiger partial charge on any atom is -0.408 e. The van der Waals surface area contributed by atoms with Crippen molar-refractivity contribution in [3.05, 3.63) is 64.9 Å². The summed E-state index contributed by atoms with van der Waals surface area (Å²) in [4.78, 5) is 20.1. The normalized spacial score (nSPS) is 13.1. The molecule has 2 heterocycles. The molecule has 182 valence electrons. The molecular formula is C28H31ClN4O2. The summed E-state index contributed by atoms with van der Waals surface area (Å²) >= 11 is 6.22. The predicted octanol–water partition coefficient (Wildman–Crippen LogP) is 7.01. The molecule has 35 heavy (non-hydrogen) atoms. The number of hydrogen-bond acceptors (Lipinski definition) is 4. The first-order valence-corrected chi connectivity index (χ1v) is 12.9. The number of halogens is 1. The zero-order chi connectivity index (χ0) is 24.0. The van der Waals surface area contributed by atoms with Crippen LogP contribution in [0.1, 0.15) is 49.8 Å². The Morgan fingerprint density at radius 2 is 1.83 bits per heavy atom. The van der Waals surface area contributed by atoms with Gasteiger partial charge in [0, 0.05) is 52.0 Å². The Bertz CT molecular complexity index is 1330. The highest BCUT2D eigenvalue weighted by atomic mass is 35.5. The molecule has 5 rings (SSSR count). The second kappa shape index (κ2) is 11.0. The van der Waals surface area contributed by atoms with Crippen molar-refractivity contribution in [2.45, 2.75) is 51.4 Å². The van der Waals surface area contributed by atoms with E-state index in [1.165, 1.54) is 29.8 Å². The Hall–Kier alpha value is -3.25. The molecule has 6 nitrogen and oxygen atoms in total. The summed E-state index contributed by atoms with van der Waals surface area (Å²) in [5.41, 5.74) is 5.77. The molecule has 2 aromatic carbocycles. The summed E-state index contributed by atoms with van der Waals surface area (Å²) in [5, 5.41) is 9.35. The van der Waals surface area contributed by atoms with Crippen LogP contribution in [0.2, 0.25) is 5.02 Å². The van der Waals surface area contributed by atoms with Crippen LogP contribution in [-0.2, 0) is 12.8 Å². The number of H-pyrrole nitrogens is 1. The highest BCUT2D eigenvalue weighted by Gasteiger charge is 2.18. The van der Waals surface area contributed by atoms with Gasteiger partial charge < -0.3 is 20.4 Å². The number of fused-ring (bicyclic) bond motifs is 3. The molecule has 1 aliphatic carbocycles. The van der Waals surface area contributed by atoms with Gasteiger partial charge in [-0.25, -0.2) is 4.79 Å². The molecule has 0 radical (unpaired) electrons. The lowest BCUT2D eigenvalue weighted by Crippen LogP contribution is -2.27. The van der Waals surface area contributed by atoms with Gasteiger partial charge in [0.25, 0.3) is 0 Å². The number of aromatic nitrogens is 2. The monoisotopic (exact) mass is 490 g/mol. The van der Waals surface area contributed by atoms with Crippen LogP contribution in [0.25, 0.3) is 21.8 Å². The number of carbonyl (C=O) groups excluding carboxylic acids is 1. The molecule has 0 saturated heterocycles. The molecule has 0 atom stereocenters. The van der Waals surface area contributed by atoms with Crippen LogP contribution < -0.4 is 15.4 Å². The Morgan fingerprint density at radius 1 is 1.00 bits per heavy atom. The number of carbonyl (C=O) groups is 1. The standard InChI is InChI=1S/C28H31ClN4O2/c29-19-13-14-22-25(17-19)33-24-12-6-4-10-21(24)27(22)30-15-7-1-2-8-16-31-28(34)35-26-18-32-23-11-5-3-9-20(23)26/h3,5,9,11,13-14,17-18,32H,1-2,4,6-8,10,12,15-16H2,(H,30,33)(H,31,34). The molecule has 0 aliphatic heterocycles. The van der Waals surface area contributed by atoms with Gasteiger partial charge in [-0.05, 0) is 74.4 Å². The fourth-order valence-electron chi connectivity index (χ4n) is 4.87. The SMILES string of the molecule is O=C(NCCCCCCNc1c2c(nc3cc(Cl)ccc13)CCCC2)Oc1c[nH]c2ccccc12. The van der Waals surface area contributed by atoms with E-state index in [-0.39, 0.29) is 0 Å². The molecule has 2 aromatic heterocycles. The largest absolute Gasteiger partial charge is 0.412 e. The number of nitrogens with one attached hydrogen (secondary N) is 3. The number of hydrogen-bond donors (Lipinski definition) is 3. The average Bonchev–Trinajstić information content (AvgIpc) is 3.27. The Kier molecular flexibility index (Phi) is 7.38. The van der Waals surface area contributed by atoms with Crippen molar-refractivity contribution >= 4 is 45.2 Å². The highest BCUT2D eigenvalue weighted by molar-refractivity contribution is 6.31. The molecule has 4 aromatic rings. The number of para-hydroxylation sites is 1. The molecule has 3 N–H and O–H groups in total. The van der Waals surface area contributed by atoms with Gasteiger partial charge in [-0.3, -0.25) is 4.98 Å². The summed E-state index contributed by atoms with van der Waals surface area (Å²) in [6.45, 7) is 1.53. The first-order chi connectivity index (χ1) is 17.2. The molecule has 0 bridgehead atoms. The number of unbranched alkanes of at least 4 members (excludes halogenated alkanes) is 3. The molecule has 7 heteroatoms. The maximum atomic E-state index is 12.1. The van der Waals surface area contributed by atoms with Crippen molar-refractivity contribution in [2.75, 3.05) is 18.4 Å². The highest BCUT2D eigenvalue weighted by Crippen LogP contribution is 2.34. The number of ether oxygens (including phenoxy) is 1. The second-order valence-corrected chi connectivity index (χ2v) is 9.57. The number of aryl methyl sites for hydroxylation is 1. The molecule has 1 amide bonds. The Balaban J connectivity index is 1.05. The molecule has 0 fully saturated rings. The van der Waals surface area contributed by atoms with Gasteiger partial charge in [0.1, 0.15) is 0 Å². The van der Waals surface area contributed by atoms with E-state index in [2.05, 4.69) is 21.7 Å². The van der Waals surface area contributed by atoms with Gasteiger partial charge in [-0.2, -0.15) is 0 Å². The molecule has 0 saturated carbocycles. The fourth-order valence-corrected chi connectivity index (χ4v) is 5.04. The summed E-state index contributed by atoms with van der Waals surface area (Å²) in [6, 6.07) is 13.8. The van der Waals surface area contributed by atoms with Crippen LogP contribution in [0.5, 0.6) is 5.75 Å². The van der Waals surface area contributed by atoms with Gasteiger partial charge in [0.2, 0.25) is 0 Å². The first kappa shape index (κ1) is 23.5. The number of anilines is 1. The van der Waals surface area contributed by atoms with Crippen LogP contribution >= 0.6 is 11.6 Å². The third-order valence-corrected chi connectivity index (χ3v) is 6.89. The van der Waals surface area contributed by atoms with E-state index in [1.54, 1.807) is 6.20 Å². The van der Waals surface area contributed by atoms with Gasteiger partial charge in [-0.15, -0.1) is 0 Å². The minimum absolute atomic E-state index is 0.411. The van der Waals surface area contributed by atoms with Crippen LogP contribution in [0.15, 0.2) is 48.7 Å². The quantitative estimate of drug-likeness (QED) is 0.220. The minimum atomic E-state index is -0.411. The fraction of sp³-hybridized carbons (Fsp3) is 0.357. The molecule has 0 unspecified atom stereocenters. The molecule has 1 aliphatic rings. The predicted molar refractivity (Wildman–Crippen MR) is 143 cm³/mol. The van der Waals surface area contributed by atoms with E-state index in [4.69, 9.17) is 21.3 Å². The van der Waals surface area contributed by atoms with Crippen LogP contribution in [0.3, 0.4) is 0 Å². The van der Waals surface area contributed by atoms with Gasteiger partial charge >= 0.3 is 6.09 Å². The van der Waals surface area contributed by atoms with E-state index in [9.17, 15) is 4.79 Å². The lowest BCUT2D eigenvalue weighted by atomic mass is 9.92. The summed E-state index contributed by atoms with van der Waals surface area (Å²) < 4.78 is 5.45. The van der Waals surface area contributed by atoms with E-state index in [0.29, 0.717) is 12.3 Å². The lowest BCUT2D eigenvalue weighted by Gasteiger charge is -2.22. The van der Waals surface area contributed by atoms with Crippen LogP contribution in [0, 0.1) is 0 Å². The number of rotatable bonds is 9. The maximum Gasteiger partial charge on any atom is 0.412 e. The zero-order valence-corrected chi connectivity index (χ0v) is 20.6. The third kappa shape index (κ3) is 5.54. The van der Waals surface area contributed by atoms with Crippen molar-refractivity contribution in [3.8, 4) is 5.75 Å². The van der Waals surface area contributed by atoms with E-state index in [1.807, 2.05) is 36.4 Å². The zero-order valence-electron chi connectivity index (χ0n) is 19.8. The molecule has 0 spiro atoms. The average molecular weight is 491 g/mol. The van der Waals surface area contributed by atoms with Crippen LogP contribution in [0.4, 0.5) is 10.5 Å². The van der Waals surface area contributed by atoms with E-state index >= 15 is 0 Å². The number of aromatic amines is 1. The third-order valence-electron chi connectivity index (χ3n) is 6.65. The topological polar surface area (TPSA) is 79.0 Å². The second-order valence-electron chi connectivity index (χ2n) is 9.14. The van der Waals surface area contributed by atoms with Crippen molar-refractivity contribution in [2.24, 2.45) is 0 Å². The lowest BCUT2D eigenvalue weighted by molar-refractivity contribution is 0.201. The van der Waals surface area contributed by atoms with Crippen molar-refractivity contribution in [1.82, 2.24) is 15.3 Å². The number of benzene rings is 2. The number of amides is 1. The molecular weight excluding hydrogens is 460 g/mol. The summed E-state index contributed by atoms with van der Waals surface area (Å²) in [5.74, 6) is 0.553. The summed E-state index contributed by atoms with van der Waals surface area (Å²) in [7, 11) is 0. The van der Waals surface area contributed by atoms with E-state index in [0.717, 1.165) is 71.9 Å². The Morgan fingerprint density at radius 3 is 2.74 bits per heavy atom. The maximum absolute atomic E-state index is 12.1. The first-order valence-electron chi connectivity index (χ1n) is 12.6. The Labute approximate surface area is 210 Å². The van der Waals surface area contributed by atoms with Gasteiger partial charge in [-0.1, -0.05) is 36.6 Å². The van der Waals surface area contributed by atoms with Crippen LogP contribution in [-0.4, -0.2) is 29.2 Å². The van der Waals surface area contributed by atoms with E-state index < -0.39 is 6.09 Å². The van der Waals surface area contributed by atoms with Crippen molar-refractivity contribution < 1.29 is 9.53 Å². The van der Waals surface area contributed by atoms with Crippen molar-refractivity contribution in [1.29, 1.82) is 0 Å². The van der Waals surface area contributed by atoms with Gasteiger partial charge in [0.15, 0.2) is 5.75 Å². The number of nitrogens with zero attached hydrogens (tertiary/aromatic N) is 1. The number of pyridine rings is 1. The smallest absolute Gasteiger partial charge is 0.408 e. The van der Waals surface area contributed by atoms with Gasteiger partial charge in [0.05, 0.1) is 5.52 Å². The summed E-state index contributed by atoms with van der Waals surface area (Å²) in [6.07, 6.45) is 10.0.